The van der Waals surface area contributed by atoms with Gasteiger partial charge in [0.15, 0.2) is 5.76 Å². The molecule has 1 N–H and O–H groups in total. The summed E-state index contributed by atoms with van der Waals surface area (Å²) in [4.78, 5) is 13.8. The molecule has 1 aromatic rings. The average Bonchev–Trinajstić information content (AvgIpc) is 2.69. The first-order valence-corrected chi connectivity index (χ1v) is 7.26. The number of ether oxygens (including phenoxy) is 1. The van der Waals surface area contributed by atoms with Crippen LogP contribution in [0.2, 0.25) is 0 Å². The van der Waals surface area contributed by atoms with Gasteiger partial charge in [0.25, 0.3) is 0 Å². The highest BCUT2D eigenvalue weighted by Crippen LogP contribution is 2.24. The Labute approximate surface area is 129 Å². The van der Waals surface area contributed by atoms with Crippen LogP contribution in [-0.2, 0) is 11.3 Å². The summed E-state index contributed by atoms with van der Waals surface area (Å²) in [5.41, 5.74) is 0.467. The van der Waals surface area contributed by atoms with Gasteiger partial charge in [-0.25, -0.2) is 9.18 Å². The lowest BCUT2D eigenvalue weighted by molar-refractivity contribution is 0.0635. The molecule has 6 nitrogen and oxygen atoms in total. The maximum absolute atomic E-state index is 13.3. The number of hydrogen-bond acceptors (Lipinski definition) is 5. The second kappa shape index (κ2) is 6.48. The summed E-state index contributed by atoms with van der Waals surface area (Å²) in [6, 6.07) is 0. The van der Waals surface area contributed by atoms with Gasteiger partial charge >= 0.3 is 6.09 Å². The fraction of sp³-hybridized carbons (Fsp3) is 0.600. The van der Waals surface area contributed by atoms with Crippen molar-refractivity contribution in [3.8, 4) is 0 Å². The van der Waals surface area contributed by atoms with E-state index >= 15 is 0 Å². The Balaban J connectivity index is 2.04. The molecule has 1 aliphatic rings. The van der Waals surface area contributed by atoms with Crippen LogP contribution in [0.25, 0.3) is 0 Å². The van der Waals surface area contributed by atoms with E-state index in [1.165, 1.54) is 0 Å². The summed E-state index contributed by atoms with van der Waals surface area (Å²) in [5.74, 6) is 0.349. The number of carbonyl (C=O) groups excluding carboxylic acids is 1. The van der Waals surface area contributed by atoms with Crippen LogP contribution in [0.5, 0.6) is 0 Å². The van der Waals surface area contributed by atoms with Crippen LogP contribution >= 0.6 is 0 Å². The molecule has 0 radical (unpaired) electrons. The van der Waals surface area contributed by atoms with Crippen molar-refractivity contribution in [3.63, 3.8) is 0 Å². The zero-order valence-electron chi connectivity index (χ0n) is 13.4. The maximum atomic E-state index is 13.3. The number of nitrogens with zero attached hydrogens (tertiary/aromatic N) is 2. The number of nitrogens with one attached hydrogen (secondary N) is 1. The number of carbonyl (C=O) groups is 1. The van der Waals surface area contributed by atoms with Gasteiger partial charge in [0.05, 0.1) is 13.1 Å². The molecule has 0 saturated carbocycles. The molecule has 122 valence electrons. The second-order valence-electron chi connectivity index (χ2n) is 6.34. The molecule has 0 saturated heterocycles. The quantitative estimate of drug-likeness (QED) is 0.926. The fourth-order valence-electron chi connectivity index (χ4n) is 2.19. The molecule has 2 heterocycles. The number of aromatic nitrogens is 1. The van der Waals surface area contributed by atoms with Crippen molar-refractivity contribution >= 4 is 11.8 Å². The number of anilines is 1. The fourth-order valence-corrected chi connectivity index (χ4v) is 2.19. The molecule has 7 heteroatoms. The van der Waals surface area contributed by atoms with Crippen molar-refractivity contribution in [1.29, 1.82) is 0 Å². The average molecular weight is 311 g/mol. The summed E-state index contributed by atoms with van der Waals surface area (Å²) in [6.45, 7) is 8.46. The third-order valence-corrected chi connectivity index (χ3v) is 3.11. The van der Waals surface area contributed by atoms with Gasteiger partial charge in [-0.2, -0.15) is 0 Å². The van der Waals surface area contributed by atoms with Gasteiger partial charge in [0.2, 0.25) is 0 Å². The van der Waals surface area contributed by atoms with Crippen LogP contribution in [0, 0.1) is 6.92 Å². The van der Waals surface area contributed by atoms with Gasteiger partial charge in [0, 0.05) is 6.54 Å². The third kappa shape index (κ3) is 4.56. The van der Waals surface area contributed by atoms with Crippen LogP contribution in [0.15, 0.2) is 16.4 Å². The first-order valence-electron chi connectivity index (χ1n) is 7.26. The first kappa shape index (κ1) is 16.5. The van der Waals surface area contributed by atoms with Crippen LogP contribution in [0.4, 0.5) is 14.9 Å². The largest absolute Gasteiger partial charge is 0.444 e. The predicted octanol–water partition coefficient (Wildman–Crippen LogP) is 3.39. The lowest BCUT2D eigenvalue weighted by atomic mass is 10.2. The number of hydrogen-bond donors (Lipinski definition) is 1. The zero-order chi connectivity index (χ0) is 16.3. The number of aryl methyl sites for hydroxylation is 1. The van der Waals surface area contributed by atoms with Gasteiger partial charge in [-0.05, 0) is 34.1 Å². The highest BCUT2D eigenvalue weighted by Gasteiger charge is 2.23. The minimum Gasteiger partial charge on any atom is -0.444 e. The monoisotopic (exact) mass is 311 g/mol. The van der Waals surface area contributed by atoms with E-state index in [-0.39, 0.29) is 12.4 Å². The zero-order valence-corrected chi connectivity index (χ0v) is 13.4. The minimum atomic E-state index is -0.587. The second-order valence-corrected chi connectivity index (χ2v) is 6.34. The summed E-state index contributed by atoms with van der Waals surface area (Å²) in [5, 5.41) is 6.53. The van der Waals surface area contributed by atoms with Crippen molar-refractivity contribution < 1.29 is 18.4 Å². The number of halogens is 1. The van der Waals surface area contributed by atoms with E-state index in [9.17, 15) is 9.18 Å². The van der Waals surface area contributed by atoms with Crippen molar-refractivity contribution in [3.05, 3.63) is 23.4 Å². The topological polar surface area (TPSA) is 67.6 Å². The maximum Gasteiger partial charge on any atom is 0.412 e. The van der Waals surface area contributed by atoms with E-state index in [2.05, 4.69) is 10.5 Å². The normalized spacial score (nSPS) is 16.3. The Morgan fingerprint density at radius 1 is 1.55 bits per heavy atom. The molecular formula is C15H22FN3O3. The molecule has 0 fully saturated rings. The van der Waals surface area contributed by atoms with Crippen molar-refractivity contribution in [2.75, 3.05) is 18.4 Å². The van der Waals surface area contributed by atoms with E-state index in [0.29, 0.717) is 30.1 Å². The molecule has 2 rings (SSSR count). The number of rotatable bonds is 3. The Morgan fingerprint density at radius 3 is 2.91 bits per heavy atom. The molecule has 1 aromatic heterocycles. The lowest BCUT2D eigenvalue weighted by Crippen LogP contribution is -2.30. The van der Waals surface area contributed by atoms with Gasteiger partial charge in [0.1, 0.15) is 22.8 Å². The lowest BCUT2D eigenvalue weighted by Gasteiger charge is -2.23. The molecule has 0 aromatic carbocycles. The summed E-state index contributed by atoms with van der Waals surface area (Å²) >= 11 is 0. The third-order valence-electron chi connectivity index (χ3n) is 3.11. The van der Waals surface area contributed by atoms with E-state index in [1.54, 1.807) is 33.8 Å². The molecule has 1 aliphatic heterocycles. The van der Waals surface area contributed by atoms with E-state index in [0.717, 1.165) is 6.54 Å². The molecule has 22 heavy (non-hydrogen) atoms. The van der Waals surface area contributed by atoms with Crippen molar-refractivity contribution in [2.45, 2.75) is 46.3 Å². The first-order chi connectivity index (χ1) is 10.2. The van der Waals surface area contributed by atoms with Crippen LogP contribution < -0.4 is 5.32 Å². The molecule has 0 bridgehead atoms. The standard InChI is InChI=1S/C15H22FN3O3/c1-10-13(17-14(20)21-15(2,3)4)12(22-18-10)9-19-7-5-6-11(16)8-19/h6H,5,7-9H2,1-4H3,(H,17,20). The number of amides is 1. The van der Waals surface area contributed by atoms with E-state index in [1.807, 2.05) is 4.90 Å². The Kier molecular flexibility index (Phi) is 4.85. The molecule has 0 aliphatic carbocycles. The molecular weight excluding hydrogens is 289 g/mol. The summed E-state index contributed by atoms with van der Waals surface area (Å²) in [7, 11) is 0. The highest BCUT2D eigenvalue weighted by atomic mass is 19.1. The van der Waals surface area contributed by atoms with E-state index < -0.39 is 11.7 Å². The minimum absolute atomic E-state index is 0.149. The van der Waals surface area contributed by atoms with E-state index in [4.69, 9.17) is 9.26 Å². The highest BCUT2D eigenvalue weighted by molar-refractivity contribution is 5.86. The van der Waals surface area contributed by atoms with Crippen molar-refractivity contribution in [2.24, 2.45) is 0 Å². The summed E-state index contributed by atoms with van der Waals surface area (Å²) in [6.07, 6.45) is 1.68. The molecule has 0 unspecified atom stereocenters. The Morgan fingerprint density at radius 2 is 2.27 bits per heavy atom. The van der Waals surface area contributed by atoms with Crippen LogP contribution in [0.3, 0.4) is 0 Å². The van der Waals surface area contributed by atoms with Gasteiger partial charge in [-0.3, -0.25) is 10.2 Å². The van der Waals surface area contributed by atoms with Gasteiger partial charge in [-0.1, -0.05) is 11.2 Å². The molecule has 0 atom stereocenters. The van der Waals surface area contributed by atoms with Crippen LogP contribution in [-0.4, -0.2) is 34.8 Å². The smallest absolute Gasteiger partial charge is 0.412 e. The molecule has 0 spiro atoms. The SMILES string of the molecule is Cc1noc(CN2CCC=C(F)C2)c1NC(=O)OC(C)(C)C. The Bertz CT molecular complexity index is 575. The van der Waals surface area contributed by atoms with Crippen molar-refractivity contribution in [1.82, 2.24) is 10.1 Å². The molecule has 1 amide bonds. The summed E-state index contributed by atoms with van der Waals surface area (Å²) < 4.78 is 23.8. The predicted molar refractivity (Wildman–Crippen MR) is 80.2 cm³/mol. The van der Waals surface area contributed by atoms with Gasteiger partial charge < -0.3 is 9.26 Å². The van der Waals surface area contributed by atoms with Gasteiger partial charge in [-0.15, -0.1) is 0 Å². The Hall–Kier alpha value is -1.89. The van der Waals surface area contributed by atoms with Crippen LogP contribution in [0.1, 0.15) is 38.6 Å².